The predicted octanol–water partition coefficient (Wildman–Crippen LogP) is 1.89. The number of aromatic nitrogens is 1. The molecule has 1 aromatic carbocycles. The molecule has 1 fully saturated rings. The van der Waals surface area contributed by atoms with Crippen molar-refractivity contribution in [2.75, 3.05) is 37.8 Å². The Morgan fingerprint density at radius 1 is 1.38 bits per heavy atom. The lowest BCUT2D eigenvalue weighted by Crippen LogP contribution is -2.36. The molecule has 112 valence electrons. The van der Waals surface area contributed by atoms with Gasteiger partial charge in [0, 0.05) is 24.0 Å². The van der Waals surface area contributed by atoms with Gasteiger partial charge >= 0.3 is 5.97 Å². The molecule has 0 unspecified atom stereocenters. The van der Waals surface area contributed by atoms with Gasteiger partial charge in [-0.15, -0.1) is 0 Å². The van der Waals surface area contributed by atoms with Gasteiger partial charge in [0.25, 0.3) is 0 Å². The molecule has 2 heterocycles. The van der Waals surface area contributed by atoms with Gasteiger partial charge in [-0.05, 0) is 25.1 Å². The molecule has 0 spiro atoms. The highest BCUT2D eigenvalue weighted by atomic mass is 16.5. The molecule has 6 heteroatoms. The SMILES string of the molecule is CCOC(=O)c1cc2cc(O)c(N3CCOCC3)cc2[nH]1. The van der Waals surface area contributed by atoms with E-state index in [9.17, 15) is 9.90 Å². The molecule has 0 aliphatic carbocycles. The minimum absolute atomic E-state index is 0.207. The summed E-state index contributed by atoms with van der Waals surface area (Å²) in [6.07, 6.45) is 0. The molecule has 0 saturated carbocycles. The molecular weight excluding hydrogens is 272 g/mol. The standard InChI is InChI=1S/C15H18N2O4/c1-2-21-15(19)12-7-10-8-14(18)13(9-11(10)16-12)17-3-5-20-6-4-17/h7-9,16,18H,2-6H2,1H3. The summed E-state index contributed by atoms with van der Waals surface area (Å²) in [5.41, 5.74) is 1.95. The second-order valence-electron chi connectivity index (χ2n) is 4.93. The van der Waals surface area contributed by atoms with Crippen LogP contribution in [-0.4, -0.2) is 49.0 Å². The normalized spacial score (nSPS) is 15.4. The summed E-state index contributed by atoms with van der Waals surface area (Å²) in [5.74, 6) is -0.181. The second-order valence-corrected chi connectivity index (χ2v) is 4.93. The third-order valence-corrected chi connectivity index (χ3v) is 3.56. The largest absolute Gasteiger partial charge is 0.506 e. The number of phenolic OH excluding ortho intramolecular Hbond substituents is 1. The van der Waals surface area contributed by atoms with Crippen molar-refractivity contribution >= 4 is 22.6 Å². The van der Waals surface area contributed by atoms with Gasteiger partial charge in [0.05, 0.1) is 25.5 Å². The number of rotatable bonds is 3. The molecule has 0 bridgehead atoms. The first-order valence-electron chi connectivity index (χ1n) is 7.04. The number of morpholine rings is 1. The topological polar surface area (TPSA) is 74.8 Å². The number of nitrogens with one attached hydrogen (secondary N) is 1. The summed E-state index contributed by atoms with van der Waals surface area (Å²) >= 11 is 0. The number of phenols is 1. The first-order chi connectivity index (χ1) is 10.2. The zero-order chi connectivity index (χ0) is 14.8. The summed E-state index contributed by atoms with van der Waals surface area (Å²) < 4.78 is 10.3. The number of esters is 1. The van der Waals surface area contributed by atoms with Crippen molar-refractivity contribution < 1.29 is 19.4 Å². The number of nitrogens with zero attached hydrogens (tertiary/aromatic N) is 1. The van der Waals surface area contributed by atoms with Crippen molar-refractivity contribution in [3.63, 3.8) is 0 Å². The van der Waals surface area contributed by atoms with Crippen LogP contribution in [0.4, 0.5) is 5.69 Å². The van der Waals surface area contributed by atoms with Crippen LogP contribution >= 0.6 is 0 Å². The van der Waals surface area contributed by atoms with E-state index in [0.717, 1.165) is 29.7 Å². The average Bonchev–Trinajstić information content (AvgIpc) is 2.90. The Balaban J connectivity index is 1.96. The van der Waals surface area contributed by atoms with E-state index in [0.29, 0.717) is 25.5 Å². The van der Waals surface area contributed by atoms with Crippen LogP contribution in [-0.2, 0) is 9.47 Å². The van der Waals surface area contributed by atoms with Crippen LogP contribution in [0.3, 0.4) is 0 Å². The van der Waals surface area contributed by atoms with E-state index >= 15 is 0 Å². The zero-order valence-corrected chi connectivity index (χ0v) is 11.9. The highest BCUT2D eigenvalue weighted by Gasteiger charge is 2.17. The first kappa shape index (κ1) is 13.8. The number of fused-ring (bicyclic) bond motifs is 1. The maximum atomic E-state index is 11.7. The number of ether oxygens (including phenoxy) is 2. The van der Waals surface area contributed by atoms with Crippen LogP contribution in [0, 0.1) is 0 Å². The lowest BCUT2D eigenvalue weighted by Gasteiger charge is -2.29. The molecule has 2 N–H and O–H groups in total. The van der Waals surface area contributed by atoms with Gasteiger partial charge in [0.2, 0.25) is 0 Å². The Hall–Kier alpha value is -2.21. The number of H-pyrrole nitrogens is 1. The highest BCUT2D eigenvalue weighted by molar-refractivity contribution is 5.96. The van der Waals surface area contributed by atoms with E-state index in [4.69, 9.17) is 9.47 Å². The van der Waals surface area contributed by atoms with E-state index in [1.165, 1.54) is 0 Å². The average molecular weight is 290 g/mol. The summed E-state index contributed by atoms with van der Waals surface area (Å²) in [5, 5.41) is 11.0. The maximum absolute atomic E-state index is 11.7. The van der Waals surface area contributed by atoms with Crippen LogP contribution < -0.4 is 4.90 Å². The molecular formula is C15H18N2O4. The van der Waals surface area contributed by atoms with Gasteiger partial charge in [-0.2, -0.15) is 0 Å². The van der Waals surface area contributed by atoms with E-state index in [1.54, 1.807) is 19.1 Å². The molecule has 1 aromatic heterocycles. The van der Waals surface area contributed by atoms with E-state index < -0.39 is 0 Å². The highest BCUT2D eigenvalue weighted by Crippen LogP contribution is 2.33. The van der Waals surface area contributed by atoms with Crippen LogP contribution in [0.5, 0.6) is 5.75 Å². The van der Waals surface area contributed by atoms with Gasteiger partial charge in [-0.3, -0.25) is 0 Å². The second kappa shape index (κ2) is 5.65. The van der Waals surface area contributed by atoms with Crippen molar-refractivity contribution in [2.45, 2.75) is 6.92 Å². The fourth-order valence-corrected chi connectivity index (χ4v) is 2.53. The summed E-state index contributed by atoms with van der Waals surface area (Å²) in [7, 11) is 0. The van der Waals surface area contributed by atoms with E-state index in [2.05, 4.69) is 9.88 Å². The predicted molar refractivity (Wildman–Crippen MR) is 79.0 cm³/mol. The van der Waals surface area contributed by atoms with Gasteiger partial charge in [-0.25, -0.2) is 4.79 Å². The summed E-state index contributed by atoms with van der Waals surface area (Å²) in [6.45, 7) is 4.88. The molecule has 21 heavy (non-hydrogen) atoms. The van der Waals surface area contributed by atoms with Crippen molar-refractivity contribution in [2.24, 2.45) is 0 Å². The minimum Gasteiger partial charge on any atom is -0.506 e. The quantitative estimate of drug-likeness (QED) is 0.844. The van der Waals surface area contributed by atoms with Gasteiger partial charge in [0.1, 0.15) is 11.4 Å². The van der Waals surface area contributed by atoms with Crippen molar-refractivity contribution in [3.8, 4) is 5.75 Å². The Morgan fingerprint density at radius 2 is 2.14 bits per heavy atom. The molecule has 0 amide bonds. The summed E-state index contributed by atoms with van der Waals surface area (Å²) in [4.78, 5) is 16.9. The lowest BCUT2D eigenvalue weighted by molar-refractivity contribution is 0.0520. The molecule has 0 atom stereocenters. The number of benzene rings is 1. The maximum Gasteiger partial charge on any atom is 0.354 e. The third-order valence-electron chi connectivity index (χ3n) is 3.56. The number of carbonyl (C=O) groups is 1. The molecule has 1 saturated heterocycles. The minimum atomic E-state index is -0.388. The fourth-order valence-electron chi connectivity index (χ4n) is 2.53. The molecule has 3 rings (SSSR count). The number of anilines is 1. The Bertz CT molecular complexity index is 659. The number of carbonyl (C=O) groups excluding carboxylic acids is 1. The molecule has 2 aromatic rings. The van der Waals surface area contributed by atoms with Gasteiger partial charge in [0.15, 0.2) is 0 Å². The van der Waals surface area contributed by atoms with E-state index in [-0.39, 0.29) is 11.7 Å². The van der Waals surface area contributed by atoms with Crippen LogP contribution in [0.15, 0.2) is 18.2 Å². The van der Waals surface area contributed by atoms with Crippen molar-refractivity contribution in [1.29, 1.82) is 0 Å². The van der Waals surface area contributed by atoms with Crippen molar-refractivity contribution in [3.05, 3.63) is 23.9 Å². The fraction of sp³-hybridized carbons (Fsp3) is 0.400. The number of aromatic hydroxyl groups is 1. The number of hydrogen-bond acceptors (Lipinski definition) is 5. The Morgan fingerprint density at radius 3 is 2.86 bits per heavy atom. The number of aromatic amines is 1. The molecule has 1 aliphatic heterocycles. The van der Waals surface area contributed by atoms with Crippen LogP contribution in [0.1, 0.15) is 17.4 Å². The summed E-state index contributed by atoms with van der Waals surface area (Å²) in [6, 6.07) is 5.22. The third kappa shape index (κ3) is 2.67. The smallest absolute Gasteiger partial charge is 0.354 e. The molecule has 6 nitrogen and oxygen atoms in total. The Kier molecular flexibility index (Phi) is 3.70. The van der Waals surface area contributed by atoms with Crippen LogP contribution in [0.25, 0.3) is 10.9 Å². The monoisotopic (exact) mass is 290 g/mol. The lowest BCUT2D eigenvalue weighted by atomic mass is 10.2. The molecule has 1 aliphatic rings. The van der Waals surface area contributed by atoms with Gasteiger partial charge < -0.3 is 24.5 Å². The van der Waals surface area contributed by atoms with Gasteiger partial charge in [-0.1, -0.05) is 0 Å². The number of hydrogen-bond donors (Lipinski definition) is 2. The molecule has 0 radical (unpaired) electrons. The first-order valence-corrected chi connectivity index (χ1v) is 7.04. The Labute approximate surface area is 122 Å². The van der Waals surface area contributed by atoms with Crippen LogP contribution in [0.2, 0.25) is 0 Å². The van der Waals surface area contributed by atoms with E-state index in [1.807, 2.05) is 6.07 Å². The zero-order valence-electron chi connectivity index (χ0n) is 11.9. The van der Waals surface area contributed by atoms with Crippen molar-refractivity contribution in [1.82, 2.24) is 4.98 Å².